The van der Waals surface area contributed by atoms with Gasteiger partial charge in [0.2, 0.25) is 0 Å². The van der Waals surface area contributed by atoms with E-state index in [9.17, 15) is 0 Å². The highest BCUT2D eigenvalue weighted by atomic mass is 16.5. The highest BCUT2D eigenvalue weighted by Crippen LogP contribution is 2.16. The Bertz CT molecular complexity index is 683. The van der Waals surface area contributed by atoms with Gasteiger partial charge in [0.25, 0.3) is 0 Å². The summed E-state index contributed by atoms with van der Waals surface area (Å²) in [5, 5.41) is 11.8. The van der Waals surface area contributed by atoms with E-state index in [4.69, 9.17) is 9.73 Å². The molecular weight excluding hydrogens is 304 g/mol. The number of ether oxygens (including phenoxy) is 1. The second-order valence-corrected chi connectivity index (χ2v) is 6.09. The topological polar surface area (TPSA) is 67.0 Å². The normalized spacial score (nSPS) is 18.5. The largest absolute Gasteiger partial charge is 0.384 e. The van der Waals surface area contributed by atoms with Crippen LogP contribution in [0.1, 0.15) is 19.2 Å². The number of hydrogen-bond donors (Lipinski definition) is 1. The quantitative estimate of drug-likeness (QED) is 0.637. The Hall–Kier alpha value is -2.15. The number of nitrogens with zero attached hydrogens (tertiary/aromatic N) is 5. The van der Waals surface area contributed by atoms with Crippen LogP contribution in [0.5, 0.6) is 0 Å². The van der Waals surface area contributed by atoms with Crippen LogP contribution in [0.2, 0.25) is 0 Å². The molecule has 1 aliphatic heterocycles. The molecule has 1 saturated heterocycles. The van der Waals surface area contributed by atoms with Crippen molar-refractivity contribution in [2.75, 3.05) is 39.9 Å². The minimum atomic E-state index is 0.597. The van der Waals surface area contributed by atoms with Crippen LogP contribution >= 0.6 is 0 Å². The smallest absolute Gasteiger partial charge is 0.193 e. The van der Waals surface area contributed by atoms with Crippen molar-refractivity contribution in [2.45, 2.75) is 19.8 Å². The molecule has 2 aromatic heterocycles. The van der Waals surface area contributed by atoms with Gasteiger partial charge in [0.05, 0.1) is 6.61 Å². The second kappa shape index (κ2) is 8.10. The summed E-state index contributed by atoms with van der Waals surface area (Å²) < 4.78 is 7.30. The summed E-state index contributed by atoms with van der Waals surface area (Å²) in [7, 11) is 1.77. The Morgan fingerprint density at radius 2 is 2.33 bits per heavy atom. The lowest BCUT2D eigenvalue weighted by Crippen LogP contribution is -2.40. The SMILES string of the molecule is CCNC(=NCCc1nnc2ccccn12)N1CCC(COC)C1. The van der Waals surface area contributed by atoms with Gasteiger partial charge in [-0.25, -0.2) is 0 Å². The van der Waals surface area contributed by atoms with Gasteiger partial charge in [-0.2, -0.15) is 0 Å². The van der Waals surface area contributed by atoms with Gasteiger partial charge in [0.1, 0.15) is 5.82 Å². The fourth-order valence-electron chi connectivity index (χ4n) is 3.15. The number of methoxy groups -OCH3 is 1. The van der Waals surface area contributed by atoms with E-state index in [-0.39, 0.29) is 0 Å². The Kier molecular flexibility index (Phi) is 5.63. The van der Waals surface area contributed by atoms with Crippen molar-refractivity contribution >= 4 is 11.6 Å². The molecule has 0 bridgehead atoms. The Balaban J connectivity index is 1.62. The predicted molar refractivity (Wildman–Crippen MR) is 94.2 cm³/mol. The van der Waals surface area contributed by atoms with Gasteiger partial charge in [-0.3, -0.25) is 9.39 Å². The van der Waals surface area contributed by atoms with Crippen LogP contribution in [-0.4, -0.2) is 65.4 Å². The lowest BCUT2D eigenvalue weighted by atomic mass is 10.1. The first-order chi connectivity index (χ1) is 11.8. The molecule has 0 aliphatic carbocycles. The molecule has 7 nitrogen and oxygen atoms in total. The molecule has 0 saturated carbocycles. The Morgan fingerprint density at radius 1 is 1.42 bits per heavy atom. The van der Waals surface area contributed by atoms with Crippen molar-refractivity contribution < 1.29 is 4.74 Å². The summed E-state index contributed by atoms with van der Waals surface area (Å²) >= 11 is 0. The maximum Gasteiger partial charge on any atom is 0.193 e. The van der Waals surface area contributed by atoms with Gasteiger partial charge in [0.15, 0.2) is 11.6 Å². The third kappa shape index (κ3) is 3.84. The number of hydrogen-bond acceptors (Lipinski definition) is 4. The van der Waals surface area contributed by atoms with Crippen molar-refractivity contribution in [3.05, 3.63) is 30.2 Å². The molecular formula is C17H26N6O. The first kappa shape index (κ1) is 16.7. The van der Waals surface area contributed by atoms with E-state index in [2.05, 4.69) is 27.3 Å². The van der Waals surface area contributed by atoms with Crippen LogP contribution < -0.4 is 5.32 Å². The molecule has 130 valence electrons. The van der Waals surface area contributed by atoms with Gasteiger partial charge in [-0.1, -0.05) is 6.07 Å². The summed E-state index contributed by atoms with van der Waals surface area (Å²) in [6.07, 6.45) is 3.93. The van der Waals surface area contributed by atoms with Crippen LogP contribution in [0.4, 0.5) is 0 Å². The number of aliphatic imine (C=N–C) groups is 1. The number of likely N-dealkylation sites (tertiary alicyclic amines) is 1. The third-order valence-corrected chi connectivity index (χ3v) is 4.30. The van der Waals surface area contributed by atoms with Crippen molar-refractivity contribution in [3.63, 3.8) is 0 Å². The zero-order chi connectivity index (χ0) is 16.8. The Labute approximate surface area is 142 Å². The van der Waals surface area contributed by atoms with E-state index in [1.165, 1.54) is 0 Å². The maximum atomic E-state index is 5.28. The molecule has 0 aromatic carbocycles. The van der Waals surface area contributed by atoms with Gasteiger partial charge in [-0.15, -0.1) is 10.2 Å². The molecule has 1 atom stereocenters. The van der Waals surface area contributed by atoms with Gasteiger partial charge in [-0.05, 0) is 25.5 Å². The van der Waals surface area contributed by atoms with E-state index >= 15 is 0 Å². The minimum Gasteiger partial charge on any atom is -0.384 e. The summed E-state index contributed by atoms with van der Waals surface area (Å²) in [6.45, 7) is 6.54. The molecule has 24 heavy (non-hydrogen) atoms. The number of fused-ring (bicyclic) bond motifs is 1. The van der Waals surface area contributed by atoms with Crippen LogP contribution in [0.3, 0.4) is 0 Å². The number of nitrogens with one attached hydrogen (secondary N) is 1. The number of pyridine rings is 1. The summed E-state index contributed by atoms with van der Waals surface area (Å²) in [5.74, 6) is 2.54. The molecule has 3 heterocycles. The third-order valence-electron chi connectivity index (χ3n) is 4.30. The van der Waals surface area contributed by atoms with Gasteiger partial charge < -0.3 is 15.0 Å². The Morgan fingerprint density at radius 3 is 3.17 bits per heavy atom. The van der Waals surface area contributed by atoms with Crippen LogP contribution in [0.15, 0.2) is 29.4 Å². The van der Waals surface area contributed by atoms with E-state index < -0.39 is 0 Å². The molecule has 1 aliphatic rings. The average molecular weight is 330 g/mol. The summed E-state index contributed by atoms with van der Waals surface area (Å²) in [4.78, 5) is 7.11. The predicted octanol–water partition coefficient (Wildman–Crippen LogP) is 1.21. The lowest BCUT2D eigenvalue weighted by molar-refractivity contribution is 0.157. The monoisotopic (exact) mass is 330 g/mol. The molecule has 7 heteroatoms. The molecule has 0 spiro atoms. The average Bonchev–Trinajstić information content (AvgIpc) is 3.22. The van der Waals surface area contributed by atoms with Crippen LogP contribution in [0, 0.1) is 5.92 Å². The van der Waals surface area contributed by atoms with Crippen molar-refractivity contribution in [2.24, 2.45) is 10.9 Å². The van der Waals surface area contributed by atoms with Crippen molar-refractivity contribution in [1.29, 1.82) is 0 Å². The first-order valence-electron chi connectivity index (χ1n) is 8.62. The number of guanidine groups is 1. The highest BCUT2D eigenvalue weighted by molar-refractivity contribution is 5.80. The maximum absolute atomic E-state index is 5.28. The number of rotatable bonds is 6. The lowest BCUT2D eigenvalue weighted by Gasteiger charge is -2.21. The molecule has 2 aromatic rings. The highest BCUT2D eigenvalue weighted by Gasteiger charge is 2.24. The minimum absolute atomic E-state index is 0.597. The van der Waals surface area contributed by atoms with E-state index in [1.54, 1.807) is 7.11 Å². The zero-order valence-electron chi connectivity index (χ0n) is 14.5. The number of aromatic nitrogens is 3. The summed E-state index contributed by atoms with van der Waals surface area (Å²) in [5.41, 5.74) is 0.880. The van der Waals surface area contributed by atoms with E-state index in [0.29, 0.717) is 12.5 Å². The molecule has 1 unspecified atom stereocenters. The van der Waals surface area contributed by atoms with Crippen LogP contribution in [-0.2, 0) is 11.2 Å². The molecule has 0 amide bonds. The molecule has 0 radical (unpaired) electrons. The van der Waals surface area contributed by atoms with E-state index in [0.717, 1.165) is 56.5 Å². The van der Waals surface area contributed by atoms with Crippen LogP contribution in [0.25, 0.3) is 5.65 Å². The van der Waals surface area contributed by atoms with E-state index in [1.807, 2.05) is 28.8 Å². The second-order valence-electron chi connectivity index (χ2n) is 6.09. The van der Waals surface area contributed by atoms with Gasteiger partial charge >= 0.3 is 0 Å². The van der Waals surface area contributed by atoms with Crippen molar-refractivity contribution in [1.82, 2.24) is 24.8 Å². The molecule has 3 rings (SSSR count). The standard InChI is InChI=1S/C17H26N6O/c1-3-18-17(22-11-8-14(12-22)13-24-2)19-9-7-16-21-20-15-6-4-5-10-23(15)16/h4-6,10,14H,3,7-9,11-13H2,1-2H3,(H,18,19). The van der Waals surface area contributed by atoms with Crippen molar-refractivity contribution in [3.8, 4) is 0 Å². The molecule has 1 N–H and O–H groups in total. The van der Waals surface area contributed by atoms with Gasteiger partial charge in [0, 0.05) is 51.8 Å². The fraction of sp³-hybridized carbons (Fsp3) is 0.588. The first-order valence-corrected chi connectivity index (χ1v) is 8.62. The molecule has 1 fully saturated rings. The fourth-order valence-corrected chi connectivity index (χ4v) is 3.15. The summed E-state index contributed by atoms with van der Waals surface area (Å²) in [6, 6.07) is 5.93. The zero-order valence-corrected chi connectivity index (χ0v) is 14.5.